The number of nitrogens with two attached hydrogens (primary N) is 1. The molecule has 2 N–H and O–H groups in total. The molecule has 0 aliphatic heterocycles. The predicted molar refractivity (Wildman–Crippen MR) is 82.7 cm³/mol. The lowest BCUT2D eigenvalue weighted by Gasteiger charge is -1.99. The molecule has 0 spiro atoms. The van der Waals surface area contributed by atoms with Crippen molar-refractivity contribution in [3.8, 4) is 17.4 Å². The summed E-state index contributed by atoms with van der Waals surface area (Å²) in [6, 6.07) is 15.6. The second-order valence-electron chi connectivity index (χ2n) is 4.95. The average molecular weight is 290 g/mol. The molecule has 0 bridgehead atoms. The molecule has 5 heteroatoms. The number of rotatable bonds is 4. The Bertz CT molecular complexity index is 815. The van der Waals surface area contributed by atoms with Crippen LogP contribution in [0.3, 0.4) is 0 Å². The van der Waals surface area contributed by atoms with Crippen LogP contribution in [0.5, 0.6) is 0 Å². The van der Waals surface area contributed by atoms with Crippen molar-refractivity contribution in [3.63, 3.8) is 0 Å². The maximum atomic E-state index is 8.67. The maximum absolute atomic E-state index is 8.67. The van der Waals surface area contributed by atoms with Gasteiger partial charge >= 0.3 is 0 Å². The summed E-state index contributed by atoms with van der Waals surface area (Å²) < 4.78 is 5.35. The molecule has 0 fully saturated rings. The highest BCUT2D eigenvalue weighted by Gasteiger charge is 2.10. The van der Waals surface area contributed by atoms with Gasteiger partial charge in [0.15, 0.2) is 5.76 Å². The van der Waals surface area contributed by atoms with Crippen molar-refractivity contribution in [2.45, 2.75) is 12.8 Å². The van der Waals surface area contributed by atoms with E-state index in [0.29, 0.717) is 24.4 Å². The Balaban J connectivity index is 1.77. The van der Waals surface area contributed by atoms with Crippen molar-refractivity contribution in [1.82, 2.24) is 10.1 Å². The molecule has 2 heterocycles. The van der Waals surface area contributed by atoms with Gasteiger partial charge in [0, 0.05) is 18.7 Å². The lowest BCUT2D eigenvalue weighted by Crippen LogP contribution is -1.92. The van der Waals surface area contributed by atoms with E-state index in [2.05, 4.69) is 16.2 Å². The van der Waals surface area contributed by atoms with E-state index in [4.69, 9.17) is 15.5 Å². The normalized spacial score (nSPS) is 10.3. The topological polar surface area (TPSA) is 88.7 Å². The van der Waals surface area contributed by atoms with Crippen LogP contribution >= 0.6 is 0 Å². The van der Waals surface area contributed by atoms with Gasteiger partial charge in [-0.2, -0.15) is 5.26 Å². The van der Waals surface area contributed by atoms with Crippen LogP contribution < -0.4 is 5.73 Å². The Morgan fingerprint density at radius 1 is 1.14 bits per heavy atom. The van der Waals surface area contributed by atoms with Gasteiger partial charge in [-0.3, -0.25) is 0 Å². The van der Waals surface area contributed by atoms with Gasteiger partial charge in [0.25, 0.3) is 0 Å². The summed E-state index contributed by atoms with van der Waals surface area (Å²) in [5.74, 6) is 1.03. The van der Waals surface area contributed by atoms with E-state index in [1.165, 1.54) is 0 Å². The second-order valence-corrected chi connectivity index (χ2v) is 4.95. The molecule has 22 heavy (non-hydrogen) atoms. The fraction of sp³-hybridized carbons (Fsp3) is 0.118. The third-order valence-corrected chi connectivity index (χ3v) is 3.35. The summed E-state index contributed by atoms with van der Waals surface area (Å²) >= 11 is 0. The summed E-state index contributed by atoms with van der Waals surface area (Å²) in [4.78, 5) is 4.04. The summed E-state index contributed by atoms with van der Waals surface area (Å²) in [7, 11) is 0. The van der Waals surface area contributed by atoms with Crippen LogP contribution in [0.4, 0.5) is 5.82 Å². The number of nitrogens with zero attached hydrogens (tertiary/aromatic N) is 3. The van der Waals surface area contributed by atoms with Crippen molar-refractivity contribution >= 4 is 5.82 Å². The minimum Gasteiger partial charge on any atom is -0.383 e. The highest BCUT2D eigenvalue weighted by atomic mass is 16.5. The Labute approximate surface area is 128 Å². The summed E-state index contributed by atoms with van der Waals surface area (Å²) in [6.07, 6.45) is 2.73. The summed E-state index contributed by atoms with van der Waals surface area (Å²) in [5, 5.41) is 12.7. The number of benzene rings is 1. The summed E-state index contributed by atoms with van der Waals surface area (Å²) in [5.41, 5.74) is 9.52. The van der Waals surface area contributed by atoms with E-state index >= 15 is 0 Å². The molecule has 0 radical (unpaired) electrons. The molecule has 0 aliphatic carbocycles. The third-order valence-electron chi connectivity index (χ3n) is 3.35. The van der Waals surface area contributed by atoms with Crippen LogP contribution in [-0.4, -0.2) is 10.1 Å². The largest absolute Gasteiger partial charge is 0.383 e. The SMILES string of the molecule is N#CCc1ccc(Cc2cc(-c3cccnc3N)on2)cc1. The van der Waals surface area contributed by atoms with Crippen molar-refractivity contribution in [3.05, 3.63) is 65.5 Å². The molecule has 3 rings (SSSR count). The van der Waals surface area contributed by atoms with E-state index in [1.807, 2.05) is 42.5 Å². The zero-order valence-electron chi connectivity index (χ0n) is 11.9. The van der Waals surface area contributed by atoms with E-state index in [9.17, 15) is 0 Å². The molecule has 3 aromatic rings. The smallest absolute Gasteiger partial charge is 0.170 e. The molecule has 2 aromatic heterocycles. The van der Waals surface area contributed by atoms with Gasteiger partial charge in [0.05, 0.1) is 23.7 Å². The van der Waals surface area contributed by atoms with Crippen molar-refractivity contribution in [2.75, 3.05) is 5.73 Å². The summed E-state index contributed by atoms with van der Waals surface area (Å²) in [6.45, 7) is 0. The molecule has 5 nitrogen and oxygen atoms in total. The van der Waals surface area contributed by atoms with Crippen LogP contribution in [-0.2, 0) is 12.8 Å². The average Bonchev–Trinajstić information content (AvgIpc) is 2.98. The first kappa shape index (κ1) is 13.8. The third kappa shape index (κ3) is 2.96. The van der Waals surface area contributed by atoms with Crippen molar-refractivity contribution in [2.24, 2.45) is 0 Å². The quantitative estimate of drug-likeness (QED) is 0.798. The van der Waals surface area contributed by atoms with Crippen molar-refractivity contribution in [1.29, 1.82) is 5.26 Å². The second kappa shape index (κ2) is 6.10. The lowest BCUT2D eigenvalue weighted by molar-refractivity contribution is 0.425. The monoisotopic (exact) mass is 290 g/mol. The zero-order valence-corrected chi connectivity index (χ0v) is 11.9. The minimum atomic E-state index is 0.422. The molecule has 0 saturated heterocycles. The zero-order chi connectivity index (χ0) is 15.4. The highest BCUT2D eigenvalue weighted by Crippen LogP contribution is 2.25. The fourth-order valence-electron chi connectivity index (χ4n) is 2.22. The van der Waals surface area contributed by atoms with Crippen LogP contribution in [0.1, 0.15) is 16.8 Å². The molecule has 0 amide bonds. The standard InChI is InChI=1S/C17H14N4O/c18-8-7-12-3-5-13(6-4-12)10-14-11-16(22-21-14)15-2-1-9-20-17(15)19/h1-6,9,11H,7,10H2,(H2,19,20). The van der Waals surface area contributed by atoms with E-state index in [1.54, 1.807) is 6.20 Å². The van der Waals surface area contributed by atoms with E-state index < -0.39 is 0 Å². The van der Waals surface area contributed by atoms with Gasteiger partial charge in [0.1, 0.15) is 5.82 Å². The van der Waals surface area contributed by atoms with Gasteiger partial charge in [-0.1, -0.05) is 29.4 Å². The number of anilines is 1. The van der Waals surface area contributed by atoms with Gasteiger partial charge in [-0.05, 0) is 23.3 Å². The first-order valence-corrected chi connectivity index (χ1v) is 6.87. The Hall–Kier alpha value is -3.13. The van der Waals surface area contributed by atoms with Gasteiger partial charge < -0.3 is 10.3 Å². The number of aromatic nitrogens is 2. The van der Waals surface area contributed by atoms with E-state index in [0.717, 1.165) is 22.4 Å². The minimum absolute atomic E-state index is 0.422. The van der Waals surface area contributed by atoms with Gasteiger partial charge in [0.2, 0.25) is 0 Å². The van der Waals surface area contributed by atoms with E-state index in [-0.39, 0.29) is 0 Å². The van der Waals surface area contributed by atoms with Gasteiger partial charge in [-0.25, -0.2) is 4.98 Å². The lowest BCUT2D eigenvalue weighted by atomic mass is 10.1. The molecule has 1 aromatic carbocycles. The van der Waals surface area contributed by atoms with Crippen molar-refractivity contribution < 1.29 is 4.52 Å². The number of hydrogen-bond donors (Lipinski definition) is 1. The Morgan fingerprint density at radius 2 is 1.91 bits per heavy atom. The van der Waals surface area contributed by atoms with Gasteiger partial charge in [-0.15, -0.1) is 0 Å². The number of nitrogen functional groups attached to an aromatic ring is 1. The molecule has 108 valence electrons. The fourth-order valence-corrected chi connectivity index (χ4v) is 2.22. The molecular formula is C17H14N4O. The maximum Gasteiger partial charge on any atom is 0.170 e. The highest BCUT2D eigenvalue weighted by molar-refractivity contribution is 5.69. The Morgan fingerprint density at radius 3 is 2.64 bits per heavy atom. The number of hydrogen-bond acceptors (Lipinski definition) is 5. The van der Waals surface area contributed by atoms with Crippen LogP contribution in [0.25, 0.3) is 11.3 Å². The van der Waals surface area contributed by atoms with Crippen LogP contribution in [0, 0.1) is 11.3 Å². The molecule has 0 unspecified atom stereocenters. The first-order valence-electron chi connectivity index (χ1n) is 6.87. The first-order chi connectivity index (χ1) is 10.8. The van der Waals surface area contributed by atoms with Crippen LogP contribution in [0.15, 0.2) is 53.2 Å². The predicted octanol–water partition coefficient (Wildman–Crippen LogP) is 2.98. The molecule has 0 aliphatic rings. The molecular weight excluding hydrogens is 276 g/mol. The molecule has 0 atom stereocenters. The number of pyridine rings is 1. The van der Waals surface area contributed by atoms with Crippen LogP contribution in [0.2, 0.25) is 0 Å². The molecule has 0 saturated carbocycles. The number of nitriles is 1. The Kier molecular flexibility index (Phi) is 3.84.